The van der Waals surface area contributed by atoms with Gasteiger partial charge in [0.1, 0.15) is 11.2 Å². The number of rotatable bonds is 6. The summed E-state index contributed by atoms with van der Waals surface area (Å²) in [5, 5.41) is 2.17. The van der Waals surface area contributed by atoms with E-state index >= 15 is 0 Å². The first-order chi connectivity index (χ1) is 27.8. The maximum absolute atomic E-state index is 6.45. The first kappa shape index (κ1) is 32.1. The fraction of sp³-hybridized carbons (Fsp3) is 0.0189. The summed E-state index contributed by atoms with van der Waals surface area (Å²) in [7, 11) is 0. The van der Waals surface area contributed by atoms with Crippen molar-refractivity contribution < 1.29 is 4.42 Å². The van der Waals surface area contributed by atoms with Gasteiger partial charge in [-0.3, -0.25) is 0 Å². The number of hydrogen-bond donors (Lipinski definition) is 0. The van der Waals surface area contributed by atoms with Gasteiger partial charge in [-0.25, -0.2) is 9.97 Å². The average molecular weight is 715 g/mol. The zero-order valence-electron chi connectivity index (χ0n) is 30.4. The molecule has 0 saturated carbocycles. The number of aromatic nitrogens is 2. The Balaban J connectivity index is 1.03. The lowest BCUT2D eigenvalue weighted by atomic mass is 9.67. The summed E-state index contributed by atoms with van der Waals surface area (Å²) in [4.78, 5) is 10.3. The van der Waals surface area contributed by atoms with Crippen molar-refractivity contribution in [2.24, 2.45) is 0 Å². The van der Waals surface area contributed by atoms with Gasteiger partial charge in [0.2, 0.25) is 0 Å². The molecule has 0 aliphatic heterocycles. The molecule has 0 N–H and O–H groups in total. The van der Waals surface area contributed by atoms with E-state index in [1.54, 1.807) is 0 Å². The third kappa shape index (κ3) is 4.98. The third-order valence-electron chi connectivity index (χ3n) is 11.4. The predicted molar refractivity (Wildman–Crippen MR) is 228 cm³/mol. The Morgan fingerprint density at radius 3 is 1.68 bits per heavy atom. The lowest BCUT2D eigenvalue weighted by Gasteiger charge is -2.34. The molecule has 0 atom stereocenters. The van der Waals surface area contributed by atoms with Gasteiger partial charge in [-0.15, -0.1) is 0 Å². The van der Waals surface area contributed by atoms with Crippen LogP contribution < -0.4 is 0 Å². The maximum Gasteiger partial charge on any atom is 0.160 e. The van der Waals surface area contributed by atoms with Crippen molar-refractivity contribution in [2.75, 3.05) is 0 Å². The Bertz CT molecular complexity index is 3030. The number of fused-ring (bicyclic) bond motifs is 6. The van der Waals surface area contributed by atoms with E-state index in [9.17, 15) is 0 Å². The minimum atomic E-state index is -0.446. The molecule has 262 valence electrons. The summed E-state index contributed by atoms with van der Waals surface area (Å²) in [5.74, 6) is 0.673. The van der Waals surface area contributed by atoms with Crippen molar-refractivity contribution in [3.8, 4) is 56.2 Å². The van der Waals surface area contributed by atoms with Crippen LogP contribution >= 0.6 is 0 Å². The zero-order chi connectivity index (χ0) is 37.1. The Kier molecular flexibility index (Phi) is 7.39. The van der Waals surface area contributed by atoms with Crippen LogP contribution in [0.2, 0.25) is 0 Å². The second-order valence-electron chi connectivity index (χ2n) is 14.5. The van der Waals surface area contributed by atoms with E-state index in [1.807, 2.05) is 36.4 Å². The standard InChI is InChI=1S/C53H34N2O/c1-3-15-37(16-4-1)52-54-48(34-49(55-52)45-25-14-24-44-43-23-9-12-28-50(43)56-51(44)45)36-31-29-35(30-32-36)38-17-13-20-40(33-38)53(39-18-5-2-6-19-39)46-26-10-7-21-41(46)42-22-8-11-27-47(42)53/h1-34H. The van der Waals surface area contributed by atoms with Gasteiger partial charge >= 0.3 is 0 Å². The highest BCUT2D eigenvalue weighted by Gasteiger charge is 2.45. The van der Waals surface area contributed by atoms with Crippen LogP contribution in [0.25, 0.3) is 78.1 Å². The summed E-state index contributed by atoms with van der Waals surface area (Å²) in [5.41, 5.74) is 15.8. The van der Waals surface area contributed by atoms with E-state index in [0.717, 1.165) is 61.1 Å². The largest absolute Gasteiger partial charge is 0.455 e. The van der Waals surface area contributed by atoms with E-state index in [0.29, 0.717) is 5.82 Å². The number of para-hydroxylation sites is 2. The fourth-order valence-electron chi connectivity index (χ4n) is 8.88. The molecule has 2 aromatic heterocycles. The molecule has 8 aromatic carbocycles. The monoisotopic (exact) mass is 714 g/mol. The van der Waals surface area contributed by atoms with Crippen molar-refractivity contribution in [1.82, 2.24) is 9.97 Å². The molecule has 0 unspecified atom stereocenters. The van der Waals surface area contributed by atoms with Crippen LogP contribution in [-0.4, -0.2) is 9.97 Å². The van der Waals surface area contributed by atoms with Gasteiger partial charge in [-0.05, 0) is 68.8 Å². The van der Waals surface area contributed by atoms with E-state index in [4.69, 9.17) is 14.4 Å². The number of furan rings is 1. The molecule has 2 heterocycles. The molecule has 3 heteroatoms. The van der Waals surface area contributed by atoms with Gasteiger partial charge in [0.05, 0.1) is 16.8 Å². The second-order valence-corrected chi connectivity index (χ2v) is 14.5. The van der Waals surface area contributed by atoms with Gasteiger partial charge in [0.15, 0.2) is 5.82 Å². The quantitative estimate of drug-likeness (QED) is 0.172. The first-order valence-corrected chi connectivity index (χ1v) is 19.1. The molecular formula is C53H34N2O. The SMILES string of the molecule is c1ccc(-c2nc(-c3ccc(-c4cccc(C5(c6ccccc6)c6ccccc6-c6ccccc65)c4)cc3)cc(-c3cccc4c3oc3ccccc34)n2)cc1. The van der Waals surface area contributed by atoms with E-state index in [-0.39, 0.29) is 0 Å². The molecule has 0 fully saturated rings. The highest BCUT2D eigenvalue weighted by Crippen LogP contribution is 2.56. The van der Waals surface area contributed by atoms with E-state index in [2.05, 4.69) is 170 Å². The minimum Gasteiger partial charge on any atom is -0.455 e. The van der Waals surface area contributed by atoms with Crippen LogP contribution in [0.3, 0.4) is 0 Å². The van der Waals surface area contributed by atoms with Crippen LogP contribution in [0.15, 0.2) is 211 Å². The second kappa shape index (κ2) is 12.9. The van der Waals surface area contributed by atoms with Crippen LogP contribution in [0.1, 0.15) is 22.3 Å². The van der Waals surface area contributed by atoms with E-state index < -0.39 is 5.41 Å². The Morgan fingerprint density at radius 2 is 0.911 bits per heavy atom. The molecule has 0 radical (unpaired) electrons. The highest BCUT2D eigenvalue weighted by molar-refractivity contribution is 6.09. The van der Waals surface area contributed by atoms with Crippen molar-refractivity contribution in [2.45, 2.75) is 5.41 Å². The van der Waals surface area contributed by atoms with Crippen molar-refractivity contribution in [3.05, 3.63) is 229 Å². The van der Waals surface area contributed by atoms with Gasteiger partial charge in [-0.2, -0.15) is 0 Å². The highest BCUT2D eigenvalue weighted by atomic mass is 16.3. The molecule has 1 aliphatic carbocycles. The van der Waals surface area contributed by atoms with Gasteiger partial charge in [0.25, 0.3) is 0 Å². The van der Waals surface area contributed by atoms with E-state index in [1.165, 1.54) is 33.4 Å². The normalized spacial score (nSPS) is 12.8. The van der Waals surface area contributed by atoms with Gasteiger partial charge < -0.3 is 4.42 Å². The molecule has 0 amide bonds. The van der Waals surface area contributed by atoms with Crippen LogP contribution in [-0.2, 0) is 5.41 Å². The summed E-state index contributed by atoms with van der Waals surface area (Å²) in [6, 6.07) is 73.3. The molecule has 10 aromatic rings. The van der Waals surface area contributed by atoms with Crippen LogP contribution in [0.4, 0.5) is 0 Å². The molecule has 0 saturated heterocycles. The summed E-state index contributed by atoms with van der Waals surface area (Å²) in [6.07, 6.45) is 0. The number of benzene rings is 8. The molecule has 11 rings (SSSR count). The summed E-state index contributed by atoms with van der Waals surface area (Å²) < 4.78 is 6.45. The zero-order valence-corrected chi connectivity index (χ0v) is 30.4. The summed E-state index contributed by atoms with van der Waals surface area (Å²) in [6.45, 7) is 0. The number of nitrogens with zero attached hydrogens (tertiary/aromatic N) is 2. The average Bonchev–Trinajstić information content (AvgIpc) is 3.81. The Hall–Kier alpha value is -7.36. The Labute approximate surface area is 325 Å². The topological polar surface area (TPSA) is 38.9 Å². The summed E-state index contributed by atoms with van der Waals surface area (Å²) >= 11 is 0. The lowest BCUT2D eigenvalue weighted by Crippen LogP contribution is -2.28. The molecule has 1 aliphatic rings. The third-order valence-corrected chi connectivity index (χ3v) is 11.4. The molecular weight excluding hydrogens is 681 g/mol. The number of hydrogen-bond acceptors (Lipinski definition) is 3. The first-order valence-electron chi connectivity index (χ1n) is 19.1. The van der Waals surface area contributed by atoms with Gasteiger partial charge in [-0.1, -0.05) is 182 Å². The molecule has 56 heavy (non-hydrogen) atoms. The predicted octanol–water partition coefficient (Wildman–Crippen LogP) is 13.4. The Morgan fingerprint density at radius 1 is 0.357 bits per heavy atom. The van der Waals surface area contributed by atoms with Crippen LogP contribution in [0, 0.1) is 0 Å². The molecule has 0 bridgehead atoms. The van der Waals surface area contributed by atoms with Gasteiger partial charge in [0, 0.05) is 27.5 Å². The maximum atomic E-state index is 6.45. The lowest BCUT2D eigenvalue weighted by molar-refractivity contribution is 0.670. The molecule has 0 spiro atoms. The smallest absolute Gasteiger partial charge is 0.160 e. The van der Waals surface area contributed by atoms with Crippen molar-refractivity contribution >= 4 is 21.9 Å². The van der Waals surface area contributed by atoms with Crippen molar-refractivity contribution in [3.63, 3.8) is 0 Å². The molecule has 3 nitrogen and oxygen atoms in total. The minimum absolute atomic E-state index is 0.446. The van der Waals surface area contributed by atoms with Crippen LogP contribution in [0.5, 0.6) is 0 Å². The fourth-order valence-corrected chi connectivity index (χ4v) is 8.88. The van der Waals surface area contributed by atoms with Crippen molar-refractivity contribution in [1.29, 1.82) is 0 Å².